The van der Waals surface area contributed by atoms with Crippen molar-refractivity contribution in [2.24, 2.45) is 0 Å². The van der Waals surface area contributed by atoms with E-state index in [1.807, 2.05) is 0 Å². The molecule has 0 saturated heterocycles. The van der Waals surface area contributed by atoms with Crippen molar-refractivity contribution in [3.8, 4) is 0 Å². The summed E-state index contributed by atoms with van der Waals surface area (Å²) in [5, 5.41) is 0. The summed E-state index contributed by atoms with van der Waals surface area (Å²) in [6, 6.07) is 0. The Kier molecular flexibility index (Phi) is 2.00. The maximum atomic E-state index is 12.8. The number of rotatable bonds is 1. The van der Waals surface area contributed by atoms with E-state index < -0.39 is 0 Å². The van der Waals surface area contributed by atoms with E-state index in [1.54, 1.807) is 12.3 Å². The number of carbonyl (C=O) groups excluding carboxylic acids is 1. The first-order chi connectivity index (χ1) is 6.27. The van der Waals surface area contributed by atoms with Crippen molar-refractivity contribution in [3.05, 3.63) is 36.0 Å². The fourth-order valence-electron chi connectivity index (χ4n) is 1.53. The molecule has 13 heavy (non-hydrogen) atoms. The Morgan fingerprint density at radius 3 is 2.92 bits per heavy atom. The zero-order valence-electron chi connectivity index (χ0n) is 7.16. The van der Waals surface area contributed by atoms with E-state index in [9.17, 15) is 9.18 Å². The van der Waals surface area contributed by atoms with Crippen molar-refractivity contribution >= 4 is 5.91 Å². The van der Waals surface area contributed by atoms with E-state index in [4.69, 9.17) is 0 Å². The average molecular weight is 179 g/mol. The van der Waals surface area contributed by atoms with Crippen molar-refractivity contribution in [2.45, 2.75) is 19.3 Å². The van der Waals surface area contributed by atoms with Gasteiger partial charge in [-0.2, -0.15) is 0 Å². The van der Waals surface area contributed by atoms with Gasteiger partial charge >= 0.3 is 0 Å². The lowest BCUT2D eigenvalue weighted by Crippen LogP contribution is -2.21. The molecule has 0 aromatic rings. The maximum Gasteiger partial charge on any atom is 0.234 e. The van der Waals surface area contributed by atoms with Crippen LogP contribution in [0.3, 0.4) is 0 Å². The highest BCUT2D eigenvalue weighted by molar-refractivity contribution is 5.83. The molecule has 1 aliphatic heterocycles. The molecule has 68 valence electrons. The molecule has 0 fully saturated rings. The third-order valence-electron chi connectivity index (χ3n) is 2.17. The van der Waals surface area contributed by atoms with Crippen LogP contribution in [0, 0.1) is 0 Å². The molecule has 0 aromatic heterocycles. The normalized spacial score (nSPS) is 21.9. The van der Waals surface area contributed by atoms with Crippen LogP contribution >= 0.6 is 0 Å². The first kappa shape index (κ1) is 8.23. The van der Waals surface area contributed by atoms with Crippen LogP contribution in [0.4, 0.5) is 4.39 Å². The predicted octanol–water partition coefficient (Wildman–Crippen LogP) is 2.26. The average Bonchev–Trinajstić information content (AvgIpc) is 2.51. The van der Waals surface area contributed by atoms with Crippen molar-refractivity contribution in [1.82, 2.24) is 4.90 Å². The monoisotopic (exact) mass is 179 g/mol. The lowest BCUT2D eigenvalue weighted by atomic mass is 10.1. The topological polar surface area (TPSA) is 20.3 Å². The molecule has 0 unspecified atom stereocenters. The first-order valence-electron chi connectivity index (χ1n) is 4.32. The molecule has 1 aliphatic carbocycles. The highest BCUT2D eigenvalue weighted by Crippen LogP contribution is 2.24. The third kappa shape index (κ3) is 1.54. The molecule has 3 heteroatoms. The Bertz CT molecular complexity index is 328. The fourth-order valence-corrected chi connectivity index (χ4v) is 1.53. The molecule has 2 rings (SSSR count). The van der Waals surface area contributed by atoms with Crippen molar-refractivity contribution in [3.63, 3.8) is 0 Å². The standard InChI is InChI=1S/C10H10FNO/c11-8-3-1-4-9(7-8)12-6-2-5-10(12)13/h2-3,6-7H,1,4-5H2. The zero-order valence-corrected chi connectivity index (χ0v) is 7.16. The minimum Gasteiger partial charge on any atom is -0.292 e. The summed E-state index contributed by atoms with van der Waals surface area (Å²) in [5.74, 6) is -0.213. The predicted molar refractivity (Wildman–Crippen MR) is 47.1 cm³/mol. The molecule has 2 aliphatic rings. The quantitative estimate of drug-likeness (QED) is 0.604. The van der Waals surface area contributed by atoms with Crippen LogP contribution in [0.2, 0.25) is 0 Å². The van der Waals surface area contributed by atoms with Gasteiger partial charge in [0.15, 0.2) is 0 Å². The summed E-state index contributed by atoms with van der Waals surface area (Å²) >= 11 is 0. The molecule has 0 bridgehead atoms. The van der Waals surface area contributed by atoms with Gasteiger partial charge in [-0.3, -0.25) is 9.69 Å². The lowest BCUT2D eigenvalue weighted by Gasteiger charge is -2.19. The molecule has 0 atom stereocenters. The number of carbonyl (C=O) groups is 1. The van der Waals surface area contributed by atoms with E-state index in [-0.39, 0.29) is 11.7 Å². The third-order valence-corrected chi connectivity index (χ3v) is 2.17. The number of hydrogen-bond donors (Lipinski definition) is 0. The Balaban J connectivity index is 2.21. The van der Waals surface area contributed by atoms with Gasteiger partial charge < -0.3 is 0 Å². The smallest absolute Gasteiger partial charge is 0.234 e. The molecular weight excluding hydrogens is 169 g/mol. The lowest BCUT2D eigenvalue weighted by molar-refractivity contribution is -0.125. The van der Waals surface area contributed by atoms with Gasteiger partial charge in [-0.25, -0.2) is 4.39 Å². The molecule has 0 aromatic carbocycles. The summed E-state index contributed by atoms with van der Waals surface area (Å²) in [5.41, 5.74) is 0.763. The zero-order chi connectivity index (χ0) is 9.26. The Labute approximate surface area is 76.0 Å². The fraction of sp³-hybridized carbons (Fsp3) is 0.300. The van der Waals surface area contributed by atoms with Crippen LogP contribution in [0.15, 0.2) is 36.0 Å². The minimum atomic E-state index is -0.241. The van der Waals surface area contributed by atoms with Crippen LogP contribution in [-0.2, 0) is 4.79 Å². The molecular formula is C10H10FNO. The summed E-state index contributed by atoms with van der Waals surface area (Å²) < 4.78 is 12.8. The Morgan fingerprint density at radius 2 is 2.31 bits per heavy atom. The molecule has 2 nitrogen and oxygen atoms in total. The summed E-state index contributed by atoms with van der Waals surface area (Å²) in [6.07, 6.45) is 8.32. The molecule has 0 saturated carbocycles. The van der Waals surface area contributed by atoms with Gasteiger partial charge in [0, 0.05) is 18.3 Å². The van der Waals surface area contributed by atoms with E-state index in [2.05, 4.69) is 0 Å². The van der Waals surface area contributed by atoms with Gasteiger partial charge in [-0.05, 0) is 25.0 Å². The maximum absolute atomic E-state index is 12.8. The van der Waals surface area contributed by atoms with Gasteiger partial charge in [0.2, 0.25) is 5.91 Å². The first-order valence-corrected chi connectivity index (χ1v) is 4.32. The van der Waals surface area contributed by atoms with E-state index in [1.165, 1.54) is 17.1 Å². The van der Waals surface area contributed by atoms with E-state index >= 15 is 0 Å². The molecule has 0 radical (unpaired) electrons. The number of nitrogens with zero attached hydrogens (tertiary/aromatic N) is 1. The van der Waals surface area contributed by atoms with Crippen LogP contribution in [0.25, 0.3) is 0 Å². The van der Waals surface area contributed by atoms with Crippen molar-refractivity contribution in [1.29, 1.82) is 0 Å². The van der Waals surface area contributed by atoms with E-state index in [0.717, 1.165) is 12.1 Å². The van der Waals surface area contributed by atoms with Crippen LogP contribution < -0.4 is 0 Å². The number of hydrogen-bond acceptors (Lipinski definition) is 1. The van der Waals surface area contributed by atoms with Crippen LogP contribution in [0.5, 0.6) is 0 Å². The van der Waals surface area contributed by atoms with Gasteiger partial charge in [0.25, 0.3) is 0 Å². The van der Waals surface area contributed by atoms with Gasteiger partial charge in [0.05, 0.1) is 0 Å². The second-order valence-electron chi connectivity index (χ2n) is 3.12. The largest absolute Gasteiger partial charge is 0.292 e. The van der Waals surface area contributed by atoms with Crippen molar-refractivity contribution in [2.75, 3.05) is 0 Å². The SMILES string of the molecule is O=C1CC=CN1C1=CC(F)=CCC1. The Morgan fingerprint density at radius 1 is 1.46 bits per heavy atom. The van der Waals surface area contributed by atoms with Crippen LogP contribution in [0.1, 0.15) is 19.3 Å². The molecule has 1 amide bonds. The van der Waals surface area contributed by atoms with Crippen molar-refractivity contribution < 1.29 is 9.18 Å². The summed E-state index contributed by atoms with van der Waals surface area (Å²) in [4.78, 5) is 12.8. The van der Waals surface area contributed by atoms with Crippen LogP contribution in [-0.4, -0.2) is 10.8 Å². The van der Waals surface area contributed by atoms with Gasteiger partial charge in [-0.1, -0.05) is 6.08 Å². The molecule has 0 spiro atoms. The Hall–Kier alpha value is -1.38. The molecule has 0 N–H and O–H groups in total. The highest BCUT2D eigenvalue weighted by atomic mass is 19.1. The number of halogens is 1. The highest BCUT2D eigenvalue weighted by Gasteiger charge is 2.20. The summed E-state index contributed by atoms with van der Waals surface area (Å²) in [6.45, 7) is 0. The van der Waals surface area contributed by atoms with Gasteiger partial charge in [0.1, 0.15) is 5.83 Å². The van der Waals surface area contributed by atoms with Gasteiger partial charge in [-0.15, -0.1) is 0 Å². The molecule has 1 heterocycles. The van der Waals surface area contributed by atoms with E-state index in [0.29, 0.717) is 12.8 Å². The number of amides is 1. The second-order valence-corrected chi connectivity index (χ2v) is 3.12. The summed E-state index contributed by atoms with van der Waals surface area (Å²) in [7, 11) is 0. The second kappa shape index (κ2) is 3.17. The number of allylic oxidation sites excluding steroid dienone is 4. The minimum absolute atomic E-state index is 0.0287.